The monoisotopic (exact) mass is 450 g/mol. The van der Waals surface area contributed by atoms with Crippen molar-refractivity contribution in [2.45, 2.75) is 45.9 Å². The van der Waals surface area contributed by atoms with Crippen LogP contribution in [-0.4, -0.2) is 44.7 Å². The van der Waals surface area contributed by atoms with Gasteiger partial charge in [0.15, 0.2) is 11.2 Å². The van der Waals surface area contributed by atoms with Crippen LogP contribution >= 0.6 is 15.2 Å². The third kappa shape index (κ3) is 7.32. The summed E-state index contributed by atoms with van der Waals surface area (Å²) in [5, 5.41) is -1.20. The second kappa shape index (κ2) is 12.6. The summed E-state index contributed by atoms with van der Waals surface area (Å²) < 4.78 is 53.6. The van der Waals surface area contributed by atoms with Crippen LogP contribution in [0, 0.1) is 0 Å². The SMILES string of the molecule is CCOP(=O)(OCC)C(CCC(=O)c1ccc(OC)cc1)P(=O)(OCC)OCC. The second-order valence-corrected chi connectivity index (χ2v) is 10.8. The first-order valence-electron chi connectivity index (χ1n) is 9.74. The molecule has 0 aliphatic rings. The number of hydrogen-bond acceptors (Lipinski definition) is 8. The van der Waals surface area contributed by atoms with Gasteiger partial charge in [-0.15, -0.1) is 0 Å². The lowest BCUT2D eigenvalue weighted by Crippen LogP contribution is -2.19. The van der Waals surface area contributed by atoms with Gasteiger partial charge in [0, 0.05) is 12.0 Å². The highest BCUT2D eigenvalue weighted by Crippen LogP contribution is 2.71. The zero-order valence-corrected chi connectivity index (χ0v) is 19.6. The molecule has 0 aliphatic carbocycles. The van der Waals surface area contributed by atoms with E-state index in [9.17, 15) is 13.9 Å². The van der Waals surface area contributed by atoms with Crippen LogP contribution in [0.15, 0.2) is 24.3 Å². The van der Waals surface area contributed by atoms with Gasteiger partial charge in [0.1, 0.15) is 5.75 Å². The number of benzene rings is 1. The highest BCUT2D eigenvalue weighted by Gasteiger charge is 2.50. The second-order valence-electron chi connectivity index (χ2n) is 5.92. The fraction of sp³-hybridized carbons (Fsp3) is 0.632. The molecule has 0 atom stereocenters. The van der Waals surface area contributed by atoms with E-state index >= 15 is 0 Å². The van der Waals surface area contributed by atoms with Gasteiger partial charge in [0.05, 0.1) is 33.5 Å². The van der Waals surface area contributed by atoms with E-state index in [-0.39, 0.29) is 45.1 Å². The van der Waals surface area contributed by atoms with Gasteiger partial charge in [0.25, 0.3) is 0 Å². The summed E-state index contributed by atoms with van der Waals surface area (Å²) in [4.78, 5) is 12.7. The molecule has 0 radical (unpaired) electrons. The van der Waals surface area contributed by atoms with E-state index in [4.69, 9.17) is 22.8 Å². The smallest absolute Gasteiger partial charge is 0.345 e. The van der Waals surface area contributed by atoms with E-state index in [0.717, 1.165) is 0 Å². The van der Waals surface area contributed by atoms with Crippen molar-refractivity contribution in [3.05, 3.63) is 29.8 Å². The van der Waals surface area contributed by atoms with Gasteiger partial charge in [-0.05, 0) is 58.4 Å². The van der Waals surface area contributed by atoms with Crippen LogP contribution in [0.25, 0.3) is 0 Å². The van der Waals surface area contributed by atoms with Gasteiger partial charge in [-0.1, -0.05) is 0 Å². The number of ether oxygens (including phenoxy) is 1. The molecule has 0 bridgehead atoms. The van der Waals surface area contributed by atoms with Gasteiger partial charge < -0.3 is 22.8 Å². The maximum atomic E-state index is 13.4. The minimum atomic E-state index is -3.86. The largest absolute Gasteiger partial charge is 0.497 e. The van der Waals surface area contributed by atoms with Crippen molar-refractivity contribution in [1.82, 2.24) is 0 Å². The summed E-state index contributed by atoms with van der Waals surface area (Å²) >= 11 is 0. The van der Waals surface area contributed by atoms with Gasteiger partial charge in [-0.25, -0.2) is 0 Å². The fourth-order valence-corrected chi connectivity index (χ4v) is 8.16. The number of rotatable bonds is 15. The minimum absolute atomic E-state index is 0.0225. The fourth-order valence-electron chi connectivity index (χ4n) is 2.81. The molecule has 1 aromatic carbocycles. The van der Waals surface area contributed by atoms with Crippen molar-refractivity contribution in [2.24, 2.45) is 0 Å². The first-order valence-corrected chi connectivity index (χ1v) is 13.0. The van der Waals surface area contributed by atoms with Gasteiger partial charge in [-0.3, -0.25) is 13.9 Å². The number of hydrogen-bond donors (Lipinski definition) is 0. The average Bonchev–Trinajstić information content (AvgIpc) is 2.68. The molecule has 29 heavy (non-hydrogen) atoms. The third-order valence-electron chi connectivity index (χ3n) is 4.01. The molecule has 0 heterocycles. The first-order chi connectivity index (χ1) is 13.8. The molecule has 0 unspecified atom stereocenters. The lowest BCUT2D eigenvalue weighted by Gasteiger charge is -2.31. The van der Waals surface area contributed by atoms with Gasteiger partial charge in [-0.2, -0.15) is 0 Å². The maximum absolute atomic E-state index is 13.4. The summed E-state index contributed by atoms with van der Waals surface area (Å²) in [5.41, 5.74) is 0.467. The Morgan fingerprint density at radius 1 is 0.828 bits per heavy atom. The predicted octanol–water partition coefficient (Wildman–Crippen LogP) is 5.52. The van der Waals surface area contributed by atoms with Crippen LogP contribution in [-0.2, 0) is 27.2 Å². The zero-order chi connectivity index (χ0) is 21.9. The molecule has 0 saturated heterocycles. The number of carbonyl (C=O) groups is 1. The Labute approximate surface area is 173 Å². The molecule has 0 saturated carbocycles. The van der Waals surface area contributed by atoms with Crippen molar-refractivity contribution in [1.29, 1.82) is 0 Å². The van der Waals surface area contributed by atoms with E-state index in [0.29, 0.717) is 11.3 Å². The van der Waals surface area contributed by atoms with Gasteiger partial charge >= 0.3 is 15.2 Å². The highest BCUT2D eigenvalue weighted by atomic mass is 31.2. The molecule has 1 aromatic rings. The van der Waals surface area contributed by atoms with Crippen LogP contribution in [0.3, 0.4) is 0 Å². The molecular formula is C19H32O8P2. The highest BCUT2D eigenvalue weighted by molar-refractivity contribution is 7.72. The summed E-state index contributed by atoms with van der Waals surface area (Å²) in [5.74, 6) is 0.436. The molecule has 0 spiro atoms. The van der Waals surface area contributed by atoms with Crippen LogP contribution in [0.5, 0.6) is 5.75 Å². The molecule has 8 nitrogen and oxygen atoms in total. The van der Waals surface area contributed by atoms with Crippen LogP contribution in [0.4, 0.5) is 0 Å². The number of Topliss-reactive ketones (excluding diaryl/α,β-unsaturated/α-hetero) is 1. The standard InChI is InChI=1S/C19H32O8P2/c1-6-24-28(21,25-7-2)19(29(22,26-8-3)27-9-4)15-14-18(20)16-10-12-17(23-5)13-11-16/h10-13,19H,6-9,14-15H2,1-5H3. The van der Waals surface area contributed by atoms with E-state index in [1.165, 1.54) is 0 Å². The van der Waals surface area contributed by atoms with Crippen molar-refractivity contribution >= 4 is 21.0 Å². The Kier molecular flexibility index (Phi) is 11.3. The topological polar surface area (TPSA) is 97.4 Å². The average molecular weight is 450 g/mol. The number of carbonyl (C=O) groups excluding carboxylic acids is 1. The van der Waals surface area contributed by atoms with Crippen LogP contribution in [0.1, 0.15) is 50.9 Å². The number of ketones is 1. The molecular weight excluding hydrogens is 418 g/mol. The van der Waals surface area contributed by atoms with E-state index in [1.807, 2.05) is 0 Å². The summed E-state index contributed by atoms with van der Waals surface area (Å²) in [6, 6.07) is 6.65. The van der Waals surface area contributed by atoms with Crippen molar-refractivity contribution in [3.63, 3.8) is 0 Å². The molecule has 0 aromatic heterocycles. The summed E-state index contributed by atoms with van der Waals surface area (Å²) in [7, 11) is -6.17. The summed E-state index contributed by atoms with van der Waals surface area (Å²) in [6.07, 6.45) is -0.0509. The molecule has 10 heteroatoms. The minimum Gasteiger partial charge on any atom is -0.497 e. The van der Waals surface area contributed by atoms with Crippen molar-refractivity contribution in [3.8, 4) is 5.75 Å². The normalized spacial score (nSPS) is 12.3. The lowest BCUT2D eigenvalue weighted by molar-refractivity contribution is 0.0979. The van der Waals surface area contributed by atoms with E-state index in [1.54, 1.807) is 59.1 Å². The van der Waals surface area contributed by atoms with Crippen molar-refractivity contribution in [2.75, 3.05) is 33.5 Å². The zero-order valence-electron chi connectivity index (χ0n) is 17.8. The first kappa shape index (κ1) is 26.0. The lowest BCUT2D eigenvalue weighted by atomic mass is 10.1. The Balaban J connectivity index is 3.16. The predicted molar refractivity (Wildman–Crippen MR) is 112 cm³/mol. The van der Waals surface area contributed by atoms with E-state index < -0.39 is 20.6 Å². The molecule has 0 aliphatic heterocycles. The Bertz CT molecular complexity index is 669. The molecule has 1 rings (SSSR count). The van der Waals surface area contributed by atoms with Crippen LogP contribution in [0.2, 0.25) is 0 Å². The maximum Gasteiger partial charge on any atom is 0.345 e. The molecule has 0 amide bonds. The molecule has 0 fully saturated rings. The van der Waals surface area contributed by atoms with E-state index in [2.05, 4.69) is 0 Å². The van der Waals surface area contributed by atoms with Gasteiger partial charge in [0.2, 0.25) is 0 Å². The summed E-state index contributed by atoms with van der Waals surface area (Å²) in [6.45, 7) is 7.04. The Hall–Kier alpha value is -1.01. The third-order valence-corrected chi connectivity index (χ3v) is 10.2. The van der Waals surface area contributed by atoms with Crippen LogP contribution < -0.4 is 4.74 Å². The Morgan fingerprint density at radius 3 is 1.59 bits per heavy atom. The molecule has 0 N–H and O–H groups in total. The van der Waals surface area contributed by atoms with Crippen molar-refractivity contribution < 1.29 is 36.8 Å². The Morgan fingerprint density at radius 2 is 1.24 bits per heavy atom. The molecule has 166 valence electrons. The quantitative estimate of drug-likeness (QED) is 0.255. The number of methoxy groups -OCH3 is 1.